The summed E-state index contributed by atoms with van der Waals surface area (Å²) in [6.07, 6.45) is 6.06. The van der Waals surface area contributed by atoms with Crippen molar-refractivity contribution >= 4 is 33.3 Å². The summed E-state index contributed by atoms with van der Waals surface area (Å²) in [4.78, 5) is 4.42. The Balaban J connectivity index is 1.97. The van der Waals surface area contributed by atoms with Gasteiger partial charge in [0.2, 0.25) is 0 Å². The molecule has 3 rings (SSSR count). The average molecular weight is 332 g/mol. The highest BCUT2D eigenvalue weighted by atomic mass is 79.9. The maximum atomic E-state index is 9.25. The molecule has 0 radical (unpaired) electrons. The molecule has 0 unspecified atom stereocenters. The fraction of sp³-hybridized carbons (Fsp3) is 0.615. The second-order valence-corrected chi connectivity index (χ2v) is 6.64. The fourth-order valence-corrected chi connectivity index (χ4v) is 3.90. The molecular formula is C13H16BrClN2O. The Kier molecular flexibility index (Phi) is 3.28. The lowest BCUT2D eigenvalue weighted by atomic mass is 9.68. The molecule has 3 nitrogen and oxygen atoms in total. The van der Waals surface area contributed by atoms with Gasteiger partial charge >= 0.3 is 0 Å². The van der Waals surface area contributed by atoms with Crippen molar-refractivity contribution in [1.82, 2.24) is 4.98 Å². The molecule has 1 fully saturated rings. The van der Waals surface area contributed by atoms with Gasteiger partial charge in [-0.3, -0.25) is 0 Å². The first-order valence-electron chi connectivity index (χ1n) is 6.35. The van der Waals surface area contributed by atoms with Crippen LogP contribution in [0.15, 0.2) is 10.7 Å². The summed E-state index contributed by atoms with van der Waals surface area (Å²) in [5.74, 6) is 1.39. The van der Waals surface area contributed by atoms with Crippen LogP contribution in [0.2, 0.25) is 5.02 Å². The van der Waals surface area contributed by atoms with Crippen molar-refractivity contribution in [3.05, 3.63) is 21.3 Å². The van der Waals surface area contributed by atoms with Crippen molar-refractivity contribution in [3.63, 3.8) is 0 Å². The third kappa shape index (κ3) is 1.86. The van der Waals surface area contributed by atoms with E-state index in [0.717, 1.165) is 47.5 Å². The lowest BCUT2D eigenvalue weighted by Crippen LogP contribution is -2.34. The van der Waals surface area contributed by atoms with Crippen LogP contribution in [-0.2, 0) is 5.41 Å². The second kappa shape index (κ2) is 4.66. The van der Waals surface area contributed by atoms with E-state index in [4.69, 9.17) is 11.6 Å². The predicted octanol–water partition coefficient (Wildman–Crippen LogP) is 3.34. The van der Waals surface area contributed by atoms with E-state index in [9.17, 15) is 5.11 Å². The summed E-state index contributed by atoms with van der Waals surface area (Å²) in [7, 11) is 0. The van der Waals surface area contributed by atoms with Crippen molar-refractivity contribution < 1.29 is 5.11 Å². The van der Waals surface area contributed by atoms with E-state index in [1.165, 1.54) is 5.56 Å². The fourth-order valence-electron chi connectivity index (χ4n) is 3.26. The predicted molar refractivity (Wildman–Crippen MR) is 76.2 cm³/mol. The van der Waals surface area contributed by atoms with Crippen molar-refractivity contribution in [2.45, 2.75) is 31.1 Å². The zero-order valence-electron chi connectivity index (χ0n) is 10.0. The molecule has 2 heterocycles. The van der Waals surface area contributed by atoms with Crippen LogP contribution in [0.25, 0.3) is 0 Å². The number of halogens is 2. The van der Waals surface area contributed by atoms with E-state index >= 15 is 0 Å². The Hall–Kier alpha value is -0.320. The highest BCUT2D eigenvalue weighted by molar-refractivity contribution is 9.10. The molecule has 0 aromatic carbocycles. The van der Waals surface area contributed by atoms with Crippen LogP contribution in [-0.4, -0.2) is 23.2 Å². The van der Waals surface area contributed by atoms with Crippen LogP contribution >= 0.6 is 27.5 Å². The first-order chi connectivity index (χ1) is 8.66. The molecular weight excluding hydrogens is 316 g/mol. The molecule has 2 N–H and O–H groups in total. The lowest BCUT2D eigenvalue weighted by molar-refractivity contribution is 0.158. The van der Waals surface area contributed by atoms with Gasteiger partial charge in [0.05, 0.1) is 9.50 Å². The highest BCUT2D eigenvalue weighted by Gasteiger charge is 2.44. The minimum atomic E-state index is 0.120. The van der Waals surface area contributed by atoms with Gasteiger partial charge in [-0.05, 0) is 47.5 Å². The van der Waals surface area contributed by atoms with E-state index in [1.54, 1.807) is 6.20 Å². The van der Waals surface area contributed by atoms with Crippen molar-refractivity contribution in [2.24, 2.45) is 5.92 Å². The van der Waals surface area contributed by atoms with Crippen LogP contribution in [0.1, 0.15) is 31.2 Å². The third-order valence-electron chi connectivity index (χ3n) is 4.42. The Morgan fingerprint density at radius 2 is 2.22 bits per heavy atom. The molecule has 1 aliphatic carbocycles. The first kappa shape index (κ1) is 12.7. The summed E-state index contributed by atoms with van der Waals surface area (Å²) in [6, 6.07) is 0. The average Bonchev–Trinajstić information content (AvgIpc) is 2.75. The van der Waals surface area contributed by atoms with Crippen LogP contribution < -0.4 is 5.32 Å². The Labute approximate surface area is 120 Å². The number of hydrogen-bond acceptors (Lipinski definition) is 3. The van der Waals surface area contributed by atoms with Crippen molar-refractivity contribution in [2.75, 3.05) is 18.5 Å². The molecule has 1 aliphatic heterocycles. The molecule has 0 atom stereocenters. The number of nitrogens with one attached hydrogen (secondary N) is 1. The summed E-state index contributed by atoms with van der Waals surface area (Å²) in [6.45, 7) is 1.23. The topological polar surface area (TPSA) is 45.1 Å². The number of aliphatic hydroxyl groups excluding tert-OH is 1. The zero-order chi connectivity index (χ0) is 12.8. The van der Waals surface area contributed by atoms with Crippen molar-refractivity contribution in [3.8, 4) is 0 Å². The number of rotatable bonds is 1. The molecule has 0 bridgehead atoms. The Morgan fingerprint density at radius 1 is 1.50 bits per heavy atom. The minimum absolute atomic E-state index is 0.120. The number of nitrogens with zero attached hydrogens (tertiary/aromatic N) is 1. The zero-order valence-corrected chi connectivity index (χ0v) is 12.4. The number of fused-ring (bicyclic) bond motifs is 2. The Morgan fingerprint density at radius 3 is 2.89 bits per heavy atom. The quantitative estimate of drug-likeness (QED) is 0.829. The van der Waals surface area contributed by atoms with Gasteiger partial charge in [-0.1, -0.05) is 11.6 Å². The summed E-state index contributed by atoms with van der Waals surface area (Å²) >= 11 is 9.92. The standard InChI is InChI=1S/C13H16BrClN2O/c14-9-5-16-12-10(11(9)15)13(7-17-12)3-1-8(6-18)2-4-13/h5,8,18H,1-4,6-7H2,(H,16,17)/t8-,13-. The molecule has 0 amide bonds. The number of aromatic nitrogens is 1. The van der Waals surface area contributed by atoms with E-state index in [0.29, 0.717) is 12.5 Å². The van der Waals surface area contributed by atoms with Gasteiger partial charge in [0.1, 0.15) is 5.82 Å². The van der Waals surface area contributed by atoms with Crippen LogP contribution in [0.4, 0.5) is 5.82 Å². The van der Waals surface area contributed by atoms with Gasteiger partial charge in [0.15, 0.2) is 0 Å². The maximum absolute atomic E-state index is 9.25. The van der Waals surface area contributed by atoms with E-state index < -0.39 is 0 Å². The van der Waals surface area contributed by atoms with Gasteiger partial charge in [-0.2, -0.15) is 0 Å². The van der Waals surface area contributed by atoms with Crippen molar-refractivity contribution in [1.29, 1.82) is 0 Å². The largest absolute Gasteiger partial charge is 0.396 e. The summed E-state index contributed by atoms with van der Waals surface area (Å²) in [5, 5.41) is 13.4. The Bertz CT molecular complexity index is 472. The molecule has 5 heteroatoms. The van der Waals surface area contributed by atoms with Gasteiger partial charge in [0.25, 0.3) is 0 Å². The first-order valence-corrected chi connectivity index (χ1v) is 7.52. The number of hydrogen-bond donors (Lipinski definition) is 2. The molecule has 0 saturated heterocycles. The lowest BCUT2D eigenvalue weighted by Gasteiger charge is -2.37. The smallest absolute Gasteiger partial charge is 0.131 e. The second-order valence-electron chi connectivity index (χ2n) is 5.40. The molecule has 1 aromatic heterocycles. The molecule has 1 saturated carbocycles. The minimum Gasteiger partial charge on any atom is -0.396 e. The molecule has 98 valence electrons. The molecule has 1 aromatic rings. The molecule has 18 heavy (non-hydrogen) atoms. The monoisotopic (exact) mass is 330 g/mol. The van der Waals surface area contributed by atoms with E-state index in [-0.39, 0.29) is 5.41 Å². The van der Waals surface area contributed by atoms with Crippen LogP contribution in [0.5, 0.6) is 0 Å². The molecule has 1 spiro atoms. The number of aliphatic hydroxyl groups is 1. The highest BCUT2D eigenvalue weighted by Crippen LogP contribution is 2.50. The van der Waals surface area contributed by atoms with Crippen LogP contribution in [0, 0.1) is 5.92 Å². The summed E-state index contributed by atoms with van der Waals surface area (Å²) in [5.41, 5.74) is 1.30. The SMILES string of the molecule is OC[C@H]1CC[C@]2(CC1)CNc1ncc(Br)c(Cl)c12. The molecule has 2 aliphatic rings. The summed E-state index contributed by atoms with van der Waals surface area (Å²) < 4.78 is 0.871. The number of pyridine rings is 1. The van der Waals surface area contributed by atoms with Gasteiger partial charge in [0, 0.05) is 30.3 Å². The van der Waals surface area contributed by atoms with E-state index in [2.05, 4.69) is 26.2 Å². The third-order valence-corrected chi connectivity index (χ3v) is 5.64. The maximum Gasteiger partial charge on any atom is 0.131 e. The van der Waals surface area contributed by atoms with Crippen LogP contribution in [0.3, 0.4) is 0 Å². The number of anilines is 1. The normalized spacial score (nSPS) is 30.3. The van der Waals surface area contributed by atoms with E-state index in [1.807, 2.05) is 0 Å². The van der Waals surface area contributed by atoms with Gasteiger partial charge < -0.3 is 10.4 Å². The van der Waals surface area contributed by atoms with Gasteiger partial charge in [-0.15, -0.1) is 0 Å². The van der Waals surface area contributed by atoms with Gasteiger partial charge in [-0.25, -0.2) is 4.98 Å².